The summed E-state index contributed by atoms with van der Waals surface area (Å²) in [4.78, 5) is 22.3. The average Bonchev–Trinajstić information content (AvgIpc) is 2.48. The predicted molar refractivity (Wildman–Crippen MR) is 82.4 cm³/mol. The van der Waals surface area contributed by atoms with Crippen LogP contribution in [0.3, 0.4) is 0 Å². The van der Waals surface area contributed by atoms with Crippen LogP contribution in [0.25, 0.3) is 0 Å². The van der Waals surface area contributed by atoms with Gasteiger partial charge in [0.2, 0.25) is 0 Å². The minimum Gasteiger partial charge on any atom is -0.462 e. The van der Waals surface area contributed by atoms with Crippen molar-refractivity contribution in [2.75, 3.05) is 26.2 Å². The highest BCUT2D eigenvalue weighted by molar-refractivity contribution is 5.59. The number of piperazine rings is 1. The summed E-state index contributed by atoms with van der Waals surface area (Å²) in [7, 11) is 0. The molecular weight excluding hydrogens is 268 g/mol. The topological polar surface area (TPSA) is 58.6 Å². The van der Waals surface area contributed by atoms with Crippen LogP contribution in [-0.2, 0) is 14.3 Å². The third-order valence-corrected chi connectivity index (χ3v) is 3.00. The molecule has 1 heterocycles. The molecule has 0 bridgehead atoms. The molecule has 0 radical (unpaired) electrons. The summed E-state index contributed by atoms with van der Waals surface area (Å²) < 4.78 is 4.55. The van der Waals surface area contributed by atoms with E-state index in [9.17, 15) is 9.59 Å². The molecule has 1 fully saturated rings. The highest BCUT2D eigenvalue weighted by atomic mass is 16.5. The minimum atomic E-state index is -0.318. The first-order chi connectivity index (χ1) is 9.96. The Labute approximate surface area is 126 Å². The Morgan fingerprint density at radius 3 is 2.33 bits per heavy atom. The molecule has 21 heavy (non-hydrogen) atoms. The Bertz CT molecular complexity index is 449. The summed E-state index contributed by atoms with van der Waals surface area (Å²) >= 11 is 0. The molecule has 1 saturated heterocycles. The van der Waals surface area contributed by atoms with Gasteiger partial charge >= 0.3 is 0 Å². The van der Waals surface area contributed by atoms with E-state index in [0.29, 0.717) is 6.47 Å². The Morgan fingerprint density at radius 2 is 1.95 bits per heavy atom. The normalized spacial score (nSPS) is 18.1. The lowest BCUT2D eigenvalue weighted by Gasteiger charge is -2.31. The Kier molecular flexibility index (Phi) is 6.92. The van der Waals surface area contributed by atoms with Crippen molar-refractivity contribution in [3.05, 3.63) is 29.5 Å². The van der Waals surface area contributed by atoms with Gasteiger partial charge in [0.1, 0.15) is 11.5 Å². The molecule has 0 aromatic rings. The standard InChI is InChI=1S/C11H14N2O.C5H10O2/c14-9-10-1-3-11(4-2-10)13-7-5-12-6-8-13;1-5(2,3)7-4-6/h1,3-4,12H,2,5-8H2;4H,1-3H3. The minimum absolute atomic E-state index is 0.318. The van der Waals surface area contributed by atoms with Crippen molar-refractivity contribution in [3.63, 3.8) is 0 Å². The first-order valence-electron chi connectivity index (χ1n) is 7.15. The van der Waals surface area contributed by atoms with E-state index in [2.05, 4.69) is 21.0 Å². The van der Waals surface area contributed by atoms with Crippen molar-refractivity contribution >= 4 is 12.4 Å². The molecule has 0 amide bonds. The van der Waals surface area contributed by atoms with E-state index in [1.165, 1.54) is 5.70 Å². The number of carbonyl (C=O) groups is 1. The number of rotatable bonds is 2. The summed E-state index contributed by atoms with van der Waals surface area (Å²) in [6.45, 7) is 10.1. The van der Waals surface area contributed by atoms with Crippen LogP contribution in [-0.4, -0.2) is 49.1 Å². The zero-order valence-corrected chi connectivity index (χ0v) is 13.0. The lowest BCUT2D eigenvalue weighted by molar-refractivity contribution is -0.138. The first kappa shape index (κ1) is 17.2. The van der Waals surface area contributed by atoms with Gasteiger partial charge in [0.25, 0.3) is 6.47 Å². The fourth-order valence-electron chi connectivity index (χ4n) is 1.91. The molecule has 2 aliphatic rings. The first-order valence-corrected chi connectivity index (χ1v) is 7.15. The summed E-state index contributed by atoms with van der Waals surface area (Å²) in [5, 5.41) is 3.31. The van der Waals surface area contributed by atoms with Crippen molar-refractivity contribution in [1.82, 2.24) is 10.2 Å². The molecule has 0 aromatic heterocycles. The van der Waals surface area contributed by atoms with Gasteiger partial charge in [-0.2, -0.15) is 0 Å². The molecule has 0 aromatic carbocycles. The lowest BCUT2D eigenvalue weighted by atomic mass is 10.1. The summed E-state index contributed by atoms with van der Waals surface area (Å²) in [6, 6.07) is 0. The van der Waals surface area contributed by atoms with Gasteiger partial charge in [-0.25, -0.2) is 4.79 Å². The third-order valence-electron chi connectivity index (χ3n) is 3.00. The molecule has 1 aliphatic carbocycles. The highest BCUT2D eigenvalue weighted by Gasteiger charge is 2.12. The predicted octanol–water partition coefficient (Wildman–Crippen LogP) is 1.45. The number of ether oxygens (including phenoxy) is 1. The van der Waals surface area contributed by atoms with E-state index in [4.69, 9.17) is 0 Å². The molecule has 0 unspecified atom stereocenters. The van der Waals surface area contributed by atoms with Gasteiger partial charge in [-0.05, 0) is 32.9 Å². The number of nitrogens with one attached hydrogen (secondary N) is 1. The number of carbonyl (C=O) groups excluding carboxylic acids is 2. The smallest absolute Gasteiger partial charge is 0.293 e. The van der Waals surface area contributed by atoms with Gasteiger partial charge in [0.05, 0.1) is 0 Å². The number of allylic oxidation sites excluding steroid dienone is 4. The number of hydrogen-bond donors (Lipinski definition) is 1. The molecule has 1 N–H and O–H groups in total. The van der Waals surface area contributed by atoms with Gasteiger partial charge in [0.15, 0.2) is 0 Å². The Balaban J connectivity index is 0.000000270. The van der Waals surface area contributed by atoms with Gasteiger partial charge < -0.3 is 15.0 Å². The van der Waals surface area contributed by atoms with Crippen LogP contribution in [0.4, 0.5) is 0 Å². The summed E-state index contributed by atoms with van der Waals surface area (Å²) in [5.41, 5.74) is 1.66. The molecule has 5 heteroatoms. The molecule has 1 aliphatic heterocycles. The van der Waals surface area contributed by atoms with Crippen LogP contribution in [0.1, 0.15) is 27.2 Å². The van der Waals surface area contributed by atoms with Crippen LogP contribution >= 0.6 is 0 Å². The molecular formula is C16H24N2O3. The van der Waals surface area contributed by atoms with Crippen molar-refractivity contribution in [2.24, 2.45) is 0 Å². The highest BCUT2D eigenvalue weighted by Crippen LogP contribution is 2.16. The molecule has 0 spiro atoms. The lowest BCUT2D eigenvalue weighted by Crippen LogP contribution is -2.42. The maximum atomic E-state index is 10.4. The number of hydrogen-bond acceptors (Lipinski definition) is 5. The second-order valence-corrected chi connectivity index (χ2v) is 5.86. The second kappa shape index (κ2) is 8.45. The monoisotopic (exact) mass is 292 g/mol. The second-order valence-electron chi connectivity index (χ2n) is 5.86. The van der Waals surface area contributed by atoms with Gasteiger partial charge in [0, 0.05) is 43.9 Å². The van der Waals surface area contributed by atoms with Gasteiger partial charge in [-0.1, -0.05) is 6.08 Å². The van der Waals surface area contributed by atoms with Crippen molar-refractivity contribution < 1.29 is 14.3 Å². The summed E-state index contributed by atoms with van der Waals surface area (Å²) in [6.07, 6.45) is 6.70. The Hall–Kier alpha value is -1.84. The Morgan fingerprint density at radius 1 is 1.29 bits per heavy atom. The van der Waals surface area contributed by atoms with Crippen LogP contribution in [0.15, 0.2) is 29.5 Å². The molecule has 0 atom stereocenters. The number of nitrogens with zero attached hydrogens (tertiary/aromatic N) is 1. The molecule has 5 nitrogen and oxygen atoms in total. The van der Waals surface area contributed by atoms with Gasteiger partial charge in [-0.3, -0.25) is 4.79 Å². The fraction of sp³-hybridized carbons (Fsp3) is 0.562. The van der Waals surface area contributed by atoms with Crippen LogP contribution < -0.4 is 5.32 Å². The fourth-order valence-corrected chi connectivity index (χ4v) is 1.91. The van der Waals surface area contributed by atoms with E-state index in [1.807, 2.05) is 38.9 Å². The maximum Gasteiger partial charge on any atom is 0.293 e. The van der Waals surface area contributed by atoms with Crippen molar-refractivity contribution in [2.45, 2.75) is 32.8 Å². The van der Waals surface area contributed by atoms with E-state index < -0.39 is 0 Å². The molecule has 116 valence electrons. The molecule has 2 rings (SSSR count). The van der Waals surface area contributed by atoms with E-state index in [1.54, 1.807) is 0 Å². The maximum absolute atomic E-state index is 10.4. The van der Waals surface area contributed by atoms with E-state index in [-0.39, 0.29) is 5.60 Å². The molecule has 0 saturated carbocycles. The summed E-state index contributed by atoms with van der Waals surface area (Å²) in [5.74, 6) is 1.93. The van der Waals surface area contributed by atoms with Crippen LogP contribution in [0.2, 0.25) is 0 Å². The van der Waals surface area contributed by atoms with Crippen LogP contribution in [0.5, 0.6) is 0 Å². The zero-order chi connectivity index (χ0) is 15.7. The average molecular weight is 292 g/mol. The van der Waals surface area contributed by atoms with Gasteiger partial charge in [-0.15, -0.1) is 0 Å². The largest absolute Gasteiger partial charge is 0.462 e. The SMILES string of the molecule is CC(C)(C)OC=O.O=C=C1C=CC(N2CCNCC2)=CC1. The van der Waals surface area contributed by atoms with Crippen LogP contribution in [0, 0.1) is 0 Å². The zero-order valence-electron chi connectivity index (χ0n) is 13.0. The van der Waals surface area contributed by atoms with Crippen molar-refractivity contribution in [1.29, 1.82) is 0 Å². The van der Waals surface area contributed by atoms with E-state index >= 15 is 0 Å². The third kappa shape index (κ3) is 6.93. The van der Waals surface area contributed by atoms with E-state index in [0.717, 1.165) is 38.2 Å². The quantitative estimate of drug-likeness (QED) is 0.616. The van der Waals surface area contributed by atoms with Crippen molar-refractivity contribution in [3.8, 4) is 0 Å².